The van der Waals surface area contributed by atoms with Gasteiger partial charge in [0.05, 0.1) is 18.4 Å². The number of halogens is 3. The third-order valence-corrected chi connectivity index (χ3v) is 3.94. The molecule has 12 heteroatoms. The molecule has 9 nitrogen and oxygen atoms in total. The zero-order chi connectivity index (χ0) is 22.5. The molecule has 0 radical (unpaired) electrons. The number of pyridine rings is 1. The topological polar surface area (TPSA) is 114 Å². The minimum Gasteiger partial charge on any atom is -0.475 e. The van der Waals surface area contributed by atoms with Crippen LogP contribution in [0.5, 0.6) is 0 Å². The van der Waals surface area contributed by atoms with Gasteiger partial charge in [0.15, 0.2) is 0 Å². The Labute approximate surface area is 169 Å². The highest BCUT2D eigenvalue weighted by molar-refractivity contribution is 5.83. The number of nitrogens with one attached hydrogen (secondary N) is 2. The number of carbonyl (C=O) groups is 2. The number of carbonyl (C=O) groups excluding carboxylic acids is 1. The fourth-order valence-electron chi connectivity index (χ4n) is 2.56. The van der Waals surface area contributed by atoms with E-state index in [1.165, 1.54) is 0 Å². The molecule has 3 heterocycles. The molecule has 0 spiro atoms. The summed E-state index contributed by atoms with van der Waals surface area (Å²) in [6, 6.07) is 3.56. The van der Waals surface area contributed by atoms with Crippen LogP contribution in [0, 0.1) is 6.92 Å². The van der Waals surface area contributed by atoms with Crippen molar-refractivity contribution >= 4 is 17.5 Å². The molecule has 3 N–H and O–H groups in total. The van der Waals surface area contributed by atoms with Crippen molar-refractivity contribution in [2.45, 2.75) is 25.7 Å². The first-order valence-corrected chi connectivity index (χ1v) is 8.69. The predicted molar refractivity (Wildman–Crippen MR) is 100 cm³/mol. The highest BCUT2D eigenvalue weighted by atomic mass is 19.4. The molecule has 30 heavy (non-hydrogen) atoms. The van der Waals surface area contributed by atoms with E-state index in [4.69, 9.17) is 9.90 Å². The fourth-order valence-corrected chi connectivity index (χ4v) is 2.56. The van der Waals surface area contributed by atoms with E-state index in [1.807, 2.05) is 49.1 Å². The summed E-state index contributed by atoms with van der Waals surface area (Å²) in [5.41, 5.74) is 3.69. The van der Waals surface area contributed by atoms with Gasteiger partial charge in [-0.25, -0.2) is 9.78 Å². The first-order valence-electron chi connectivity index (χ1n) is 8.69. The van der Waals surface area contributed by atoms with Gasteiger partial charge in [0.2, 0.25) is 5.91 Å². The summed E-state index contributed by atoms with van der Waals surface area (Å²) >= 11 is 0. The molecule has 1 unspecified atom stereocenters. The second kappa shape index (κ2) is 9.39. The van der Waals surface area contributed by atoms with E-state index < -0.39 is 18.2 Å². The van der Waals surface area contributed by atoms with Crippen molar-refractivity contribution in [3.8, 4) is 0 Å². The molecule has 3 aromatic rings. The number of aryl methyl sites for hydroxylation is 2. The fraction of sp³-hybridized carbons (Fsp3) is 0.333. The lowest BCUT2D eigenvalue weighted by Gasteiger charge is -2.13. The van der Waals surface area contributed by atoms with Crippen LogP contribution in [0.1, 0.15) is 22.9 Å². The SMILES string of the molecule is CNC(C(=O)NCc1cn2cc(C)ccc2n1)c1cnn(C)c1.O=C(O)C(F)(F)F. The van der Waals surface area contributed by atoms with Gasteiger partial charge in [-0.1, -0.05) is 6.07 Å². The number of hydrogen-bond acceptors (Lipinski definition) is 5. The Balaban J connectivity index is 0.000000396. The van der Waals surface area contributed by atoms with Crippen LogP contribution < -0.4 is 10.6 Å². The molecule has 162 valence electrons. The lowest BCUT2D eigenvalue weighted by molar-refractivity contribution is -0.192. The molecule has 0 aliphatic heterocycles. The van der Waals surface area contributed by atoms with Crippen LogP contribution in [-0.2, 0) is 23.2 Å². The van der Waals surface area contributed by atoms with Crippen molar-refractivity contribution in [2.75, 3.05) is 7.05 Å². The summed E-state index contributed by atoms with van der Waals surface area (Å²) in [6.45, 7) is 2.42. The van der Waals surface area contributed by atoms with Crippen LogP contribution in [0.25, 0.3) is 5.65 Å². The molecule has 3 rings (SSSR count). The van der Waals surface area contributed by atoms with Gasteiger partial charge in [0.1, 0.15) is 11.7 Å². The average molecular weight is 426 g/mol. The van der Waals surface area contributed by atoms with Crippen molar-refractivity contribution in [1.82, 2.24) is 29.8 Å². The largest absolute Gasteiger partial charge is 0.490 e. The number of aliphatic carboxylic acids is 1. The molecule has 0 aromatic carbocycles. The van der Waals surface area contributed by atoms with Gasteiger partial charge in [-0.15, -0.1) is 0 Å². The van der Waals surface area contributed by atoms with E-state index in [0.717, 1.165) is 22.5 Å². The Morgan fingerprint density at radius 3 is 2.43 bits per heavy atom. The van der Waals surface area contributed by atoms with Gasteiger partial charge in [-0.2, -0.15) is 18.3 Å². The van der Waals surface area contributed by atoms with E-state index in [9.17, 15) is 18.0 Å². The van der Waals surface area contributed by atoms with Crippen LogP contribution in [0.2, 0.25) is 0 Å². The second-order valence-corrected chi connectivity index (χ2v) is 6.39. The number of aromatic nitrogens is 4. The molecule has 0 aliphatic carbocycles. The zero-order valence-corrected chi connectivity index (χ0v) is 16.4. The summed E-state index contributed by atoms with van der Waals surface area (Å²) < 4.78 is 35.4. The number of rotatable bonds is 5. The predicted octanol–water partition coefficient (Wildman–Crippen LogP) is 1.59. The Morgan fingerprint density at radius 1 is 1.23 bits per heavy atom. The number of carboxylic acids is 1. The molecule has 1 amide bonds. The molecular weight excluding hydrogens is 405 g/mol. The third-order valence-electron chi connectivity index (χ3n) is 3.94. The third kappa shape index (κ3) is 6.04. The van der Waals surface area contributed by atoms with Crippen LogP contribution in [0.3, 0.4) is 0 Å². The molecule has 0 fully saturated rings. The second-order valence-electron chi connectivity index (χ2n) is 6.39. The molecule has 0 bridgehead atoms. The normalized spacial score (nSPS) is 12.2. The van der Waals surface area contributed by atoms with E-state index in [2.05, 4.69) is 20.7 Å². The van der Waals surface area contributed by atoms with Crippen LogP contribution in [-0.4, -0.2) is 49.4 Å². The number of likely N-dealkylation sites (N-methyl/N-ethyl adjacent to an activating group) is 1. The standard InChI is InChI=1S/C16H20N6O.C2HF3O2/c1-11-4-5-14-20-13(10-22(14)8-11)7-18-16(23)15(17-2)12-6-19-21(3)9-12;3-2(4,5)1(6)7/h4-6,8-10,15,17H,7H2,1-3H3,(H,18,23);(H,6,7). The van der Waals surface area contributed by atoms with Gasteiger partial charge in [-0.05, 0) is 25.6 Å². The molecule has 1 atom stereocenters. The number of imidazole rings is 1. The Morgan fingerprint density at radius 2 is 1.90 bits per heavy atom. The Hall–Kier alpha value is -3.41. The van der Waals surface area contributed by atoms with Gasteiger partial charge < -0.3 is 20.1 Å². The van der Waals surface area contributed by atoms with Crippen molar-refractivity contribution < 1.29 is 27.9 Å². The summed E-state index contributed by atoms with van der Waals surface area (Å²) in [4.78, 5) is 25.8. The molecule has 3 aromatic heterocycles. The van der Waals surface area contributed by atoms with E-state index >= 15 is 0 Å². The van der Waals surface area contributed by atoms with Crippen molar-refractivity contribution in [1.29, 1.82) is 0 Å². The average Bonchev–Trinajstić information content (AvgIpc) is 3.26. The summed E-state index contributed by atoms with van der Waals surface area (Å²) in [5, 5.41) is 17.2. The van der Waals surface area contributed by atoms with E-state index in [0.29, 0.717) is 6.54 Å². The maximum Gasteiger partial charge on any atom is 0.490 e. The minimum atomic E-state index is -5.08. The molecule has 0 saturated heterocycles. The monoisotopic (exact) mass is 426 g/mol. The van der Waals surface area contributed by atoms with Gasteiger partial charge in [0, 0.05) is 31.2 Å². The highest BCUT2D eigenvalue weighted by Crippen LogP contribution is 2.13. The summed E-state index contributed by atoms with van der Waals surface area (Å²) in [5.74, 6) is -2.86. The number of hydrogen-bond donors (Lipinski definition) is 3. The molecule has 0 saturated carbocycles. The lowest BCUT2D eigenvalue weighted by atomic mass is 10.1. The Bertz CT molecular complexity index is 1030. The first-order chi connectivity index (χ1) is 14.0. The highest BCUT2D eigenvalue weighted by Gasteiger charge is 2.38. The maximum absolute atomic E-state index is 12.4. The Kier molecular flexibility index (Phi) is 7.16. The number of alkyl halides is 3. The number of nitrogens with zero attached hydrogens (tertiary/aromatic N) is 4. The smallest absolute Gasteiger partial charge is 0.475 e. The van der Waals surface area contributed by atoms with Gasteiger partial charge >= 0.3 is 12.1 Å². The molecule has 0 aliphatic rings. The number of amides is 1. The van der Waals surface area contributed by atoms with Crippen molar-refractivity contribution in [3.05, 3.63) is 53.7 Å². The lowest BCUT2D eigenvalue weighted by Crippen LogP contribution is -2.35. The maximum atomic E-state index is 12.4. The first kappa shape index (κ1) is 22.9. The van der Waals surface area contributed by atoms with Gasteiger partial charge in [-0.3, -0.25) is 9.48 Å². The van der Waals surface area contributed by atoms with Crippen molar-refractivity contribution in [3.63, 3.8) is 0 Å². The van der Waals surface area contributed by atoms with Gasteiger partial charge in [0.25, 0.3) is 0 Å². The van der Waals surface area contributed by atoms with E-state index in [-0.39, 0.29) is 5.91 Å². The number of carboxylic acid groups (broad SMARTS) is 1. The molecular formula is C18H21F3N6O3. The van der Waals surface area contributed by atoms with E-state index in [1.54, 1.807) is 17.9 Å². The number of fused-ring (bicyclic) bond motifs is 1. The summed E-state index contributed by atoms with van der Waals surface area (Å²) in [7, 11) is 3.58. The quantitative estimate of drug-likeness (QED) is 0.571. The van der Waals surface area contributed by atoms with Crippen LogP contribution >= 0.6 is 0 Å². The minimum absolute atomic E-state index is 0.103. The van der Waals surface area contributed by atoms with Crippen molar-refractivity contribution in [2.24, 2.45) is 7.05 Å². The zero-order valence-electron chi connectivity index (χ0n) is 16.4. The van der Waals surface area contributed by atoms with Crippen LogP contribution in [0.4, 0.5) is 13.2 Å². The summed E-state index contributed by atoms with van der Waals surface area (Å²) in [6.07, 6.45) is 2.38. The van der Waals surface area contributed by atoms with Crippen LogP contribution in [0.15, 0.2) is 36.9 Å².